The molecule has 0 amide bonds. The van der Waals surface area contributed by atoms with Crippen LogP contribution in [-0.2, 0) is 6.54 Å². The van der Waals surface area contributed by atoms with E-state index in [9.17, 15) is 5.26 Å². The van der Waals surface area contributed by atoms with Gasteiger partial charge in [0, 0.05) is 6.04 Å². The van der Waals surface area contributed by atoms with Crippen LogP contribution in [-0.4, -0.2) is 32.7 Å². The Hall–Kier alpha value is -1.45. The van der Waals surface area contributed by atoms with Gasteiger partial charge in [0.25, 0.3) is 0 Å². The van der Waals surface area contributed by atoms with E-state index in [2.05, 4.69) is 21.7 Å². The van der Waals surface area contributed by atoms with Crippen LogP contribution in [0.15, 0.2) is 6.20 Å². The molecule has 0 aliphatic heterocycles. The first-order chi connectivity index (χ1) is 9.33. The molecule has 1 aromatic heterocycles. The van der Waals surface area contributed by atoms with Crippen molar-refractivity contribution in [3.8, 4) is 6.07 Å². The minimum atomic E-state index is -0.407. The van der Waals surface area contributed by atoms with Gasteiger partial charge in [-0.15, -0.1) is 5.10 Å². The maximum atomic E-state index is 9.28. The van der Waals surface area contributed by atoms with E-state index in [0.29, 0.717) is 18.3 Å². The second kappa shape index (κ2) is 7.22. The Kier molecular flexibility index (Phi) is 5.31. The van der Waals surface area contributed by atoms with Gasteiger partial charge in [0.2, 0.25) is 0 Å². The molecule has 1 aliphatic rings. The molecule has 1 atom stereocenters. The van der Waals surface area contributed by atoms with Crippen molar-refractivity contribution >= 4 is 0 Å². The van der Waals surface area contributed by atoms with E-state index in [1.807, 2.05) is 0 Å². The molecule has 1 aromatic rings. The van der Waals surface area contributed by atoms with Gasteiger partial charge < -0.3 is 5.11 Å². The first-order valence-corrected chi connectivity index (χ1v) is 7.00. The number of nitrogens with one attached hydrogen (secondary N) is 1. The van der Waals surface area contributed by atoms with E-state index in [0.717, 1.165) is 12.8 Å². The minimum Gasteiger partial charge on any atom is -0.394 e. The molecule has 0 aromatic carbocycles. The summed E-state index contributed by atoms with van der Waals surface area (Å²) >= 11 is 0. The molecule has 104 valence electrons. The van der Waals surface area contributed by atoms with Crippen molar-refractivity contribution in [1.29, 1.82) is 5.26 Å². The van der Waals surface area contributed by atoms with Crippen LogP contribution < -0.4 is 5.32 Å². The highest BCUT2D eigenvalue weighted by molar-refractivity contribution is 5.11. The Labute approximate surface area is 113 Å². The SMILES string of the molecule is N#CC(NC1CCCCCC1)c1cn(CCO)nn1. The second-order valence-electron chi connectivity index (χ2n) is 5.05. The molecule has 1 heterocycles. The summed E-state index contributed by atoms with van der Waals surface area (Å²) in [6, 6.07) is 2.24. The molecule has 0 radical (unpaired) electrons. The predicted octanol–water partition coefficient (Wildman–Crippen LogP) is 1.15. The smallest absolute Gasteiger partial charge is 0.142 e. The summed E-state index contributed by atoms with van der Waals surface area (Å²) in [5.74, 6) is 0. The van der Waals surface area contributed by atoms with Crippen LogP contribution in [0.25, 0.3) is 0 Å². The van der Waals surface area contributed by atoms with E-state index in [-0.39, 0.29) is 6.61 Å². The zero-order valence-electron chi connectivity index (χ0n) is 11.1. The molecule has 0 spiro atoms. The molecule has 0 saturated heterocycles. The fraction of sp³-hybridized carbons (Fsp3) is 0.769. The van der Waals surface area contributed by atoms with E-state index >= 15 is 0 Å². The summed E-state index contributed by atoms with van der Waals surface area (Å²) in [4.78, 5) is 0. The van der Waals surface area contributed by atoms with Crippen LogP contribution in [0, 0.1) is 11.3 Å². The average Bonchev–Trinajstić information content (AvgIpc) is 2.73. The molecule has 1 aliphatic carbocycles. The maximum Gasteiger partial charge on any atom is 0.142 e. The molecular formula is C13H21N5O. The quantitative estimate of drug-likeness (QED) is 0.778. The van der Waals surface area contributed by atoms with Crippen LogP contribution in [0.5, 0.6) is 0 Å². The predicted molar refractivity (Wildman–Crippen MR) is 70.1 cm³/mol. The number of aliphatic hydroxyl groups excluding tert-OH is 1. The fourth-order valence-electron chi connectivity index (χ4n) is 2.53. The maximum absolute atomic E-state index is 9.28. The molecule has 0 bridgehead atoms. The van der Waals surface area contributed by atoms with Crippen molar-refractivity contribution in [3.05, 3.63) is 11.9 Å². The first kappa shape index (κ1) is 14.0. The van der Waals surface area contributed by atoms with Gasteiger partial charge in [-0.05, 0) is 12.8 Å². The van der Waals surface area contributed by atoms with E-state index in [1.165, 1.54) is 25.7 Å². The lowest BCUT2D eigenvalue weighted by Crippen LogP contribution is -2.32. The third kappa shape index (κ3) is 4.01. The molecule has 2 rings (SSSR count). The highest BCUT2D eigenvalue weighted by Crippen LogP contribution is 2.20. The topological polar surface area (TPSA) is 86.8 Å². The third-order valence-electron chi connectivity index (χ3n) is 3.57. The standard InChI is InChI=1S/C13H21N5O/c14-9-12(13-10-18(7-8-19)17-16-13)15-11-5-3-1-2-4-6-11/h10-12,15,19H,1-8H2. The zero-order chi connectivity index (χ0) is 13.5. The number of nitrogens with zero attached hydrogens (tertiary/aromatic N) is 4. The molecule has 19 heavy (non-hydrogen) atoms. The molecule has 6 nitrogen and oxygen atoms in total. The number of hydrogen-bond acceptors (Lipinski definition) is 5. The van der Waals surface area contributed by atoms with Gasteiger partial charge in [-0.2, -0.15) is 5.26 Å². The fourth-order valence-corrected chi connectivity index (χ4v) is 2.53. The first-order valence-electron chi connectivity index (χ1n) is 7.00. The van der Waals surface area contributed by atoms with Crippen LogP contribution in [0.3, 0.4) is 0 Å². The summed E-state index contributed by atoms with van der Waals surface area (Å²) in [6.45, 7) is 0.435. The molecule has 6 heteroatoms. The van der Waals surface area contributed by atoms with Gasteiger partial charge in [-0.25, -0.2) is 4.68 Å². The third-order valence-corrected chi connectivity index (χ3v) is 3.57. The Bertz CT molecular complexity index is 417. The Morgan fingerprint density at radius 2 is 2.16 bits per heavy atom. The lowest BCUT2D eigenvalue weighted by atomic mass is 10.1. The van der Waals surface area contributed by atoms with Crippen LogP contribution in [0.4, 0.5) is 0 Å². The lowest BCUT2D eigenvalue weighted by molar-refractivity contribution is 0.268. The number of aliphatic hydroxyl groups is 1. The van der Waals surface area contributed by atoms with Gasteiger partial charge in [-0.3, -0.25) is 5.32 Å². The van der Waals surface area contributed by atoms with E-state index in [1.54, 1.807) is 10.9 Å². The zero-order valence-corrected chi connectivity index (χ0v) is 11.1. The summed E-state index contributed by atoms with van der Waals surface area (Å²) in [5, 5.41) is 29.4. The second-order valence-corrected chi connectivity index (χ2v) is 5.05. The molecule has 2 N–H and O–H groups in total. The van der Waals surface area contributed by atoms with Gasteiger partial charge >= 0.3 is 0 Å². The summed E-state index contributed by atoms with van der Waals surface area (Å²) in [7, 11) is 0. The Morgan fingerprint density at radius 1 is 1.42 bits per heavy atom. The average molecular weight is 263 g/mol. The van der Waals surface area contributed by atoms with Gasteiger partial charge in [-0.1, -0.05) is 30.9 Å². The largest absolute Gasteiger partial charge is 0.394 e. The van der Waals surface area contributed by atoms with Crippen molar-refractivity contribution in [1.82, 2.24) is 20.3 Å². The lowest BCUT2D eigenvalue weighted by Gasteiger charge is -2.18. The van der Waals surface area contributed by atoms with Crippen molar-refractivity contribution in [2.45, 2.75) is 57.2 Å². The van der Waals surface area contributed by atoms with Crippen LogP contribution in [0.1, 0.15) is 50.3 Å². The van der Waals surface area contributed by atoms with Gasteiger partial charge in [0.05, 0.1) is 25.4 Å². The van der Waals surface area contributed by atoms with E-state index in [4.69, 9.17) is 5.11 Å². The van der Waals surface area contributed by atoms with Gasteiger partial charge in [0.1, 0.15) is 11.7 Å². The van der Waals surface area contributed by atoms with Crippen molar-refractivity contribution in [2.24, 2.45) is 0 Å². The monoisotopic (exact) mass is 263 g/mol. The van der Waals surface area contributed by atoms with Crippen LogP contribution >= 0.6 is 0 Å². The Morgan fingerprint density at radius 3 is 2.79 bits per heavy atom. The minimum absolute atomic E-state index is 0.0239. The Balaban J connectivity index is 1.96. The highest BCUT2D eigenvalue weighted by atomic mass is 16.3. The summed E-state index contributed by atoms with van der Waals surface area (Å²) < 4.78 is 1.56. The highest BCUT2D eigenvalue weighted by Gasteiger charge is 2.20. The van der Waals surface area contributed by atoms with Crippen molar-refractivity contribution < 1.29 is 5.11 Å². The molecular weight excluding hydrogens is 242 g/mol. The van der Waals surface area contributed by atoms with Crippen LogP contribution in [0.2, 0.25) is 0 Å². The number of aromatic nitrogens is 3. The normalized spacial score (nSPS) is 18.7. The molecule has 1 fully saturated rings. The molecule has 1 unspecified atom stereocenters. The number of hydrogen-bond donors (Lipinski definition) is 2. The van der Waals surface area contributed by atoms with Gasteiger partial charge in [0.15, 0.2) is 0 Å². The summed E-state index contributed by atoms with van der Waals surface area (Å²) in [5.41, 5.74) is 0.639. The number of nitriles is 1. The van der Waals surface area contributed by atoms with Crippen molar-refractivity contribution in [2.75, 3.05) is 6.61 Å². The van der Waals surface area contributed by atoms with Crippen molar-refractivity contribution in [3.63, 3.8) is 0 Å². The van der Waals surface area contributed by atoms with E-state index < -0.39 is 6.04 Å². The molecule has 1 saturated carbocycles. The summed E-state index contributed by atoms with van der Waals surface area (Å²) in [6.07, 6.45) is 9.03. The number of rotatable bonds is 5.